The lowest BCUT2D eigenvalue weighted by Gasteiger charge is -2.32. The Morgan fingerprint density at radius 1 is 1.35 bits per heavy atom. The molecule has 3 nitrogen and oxygen atoms in total. The molecule has 1 saturated heterocycles. The van der Waals surface area contributed by atoms with Crippen LogP contribution in [-0.2, 0) is 4.79 Å². The van der Waals surface area contributed by atoms with E-state index in [1.54, 1.807) is 11.8 Å². The topological polar surface area (TPSA) is 36.1 Å². The number of nitrogens with zero attached hydrogens (tertiary/aromatic N) is 1. The summed E-state index contributed by atoms with van der Waals surface area (Å²) in [6, 6.07) is 8.46. The number of nitrogens with one attached hydrogen (secondary N) is 1. The van der Waals surface area contributed by atoms with Crippen LogP contribution < -0.4 is 0 Å². The first-order valence-corrected chi connectivity index (χ1v) is 8.51. The lowest BCUT2D eigenvalue weighted by Crippen LogP contribution is -2.38. The maximum absolute atomic E-state index is 11.9. The van der Waals surface area contributed by atoms with Crippen molar-refractivity contribution >= 4 is 28.6 Å². The molecule has 2 aromatic rings. The molecule has 1 N–H and O–H groups in total. The van der Waals surface area contributed by atoms with Gasteiger partial charge in [0.15, 0.2) is 0 Å². The minimum Gasteiger partial charge on any atom is -0.361 e. The highest BCUT2D eigenvalue weighted by atomic mass is 32.2. The smallest absolute Gasteiger partial charge is 0.232 e. The third-order valence-electron chi connectivity index (χ3n) is 4.18. The minimum atomic E-state index is 0.287. The summed E-state index contributed by atoms with van der Waals surface area (Å²) in [5, 5.41) is 1.33. The second-order valence-corrected chi connectivity index (χ2v) is 6.24. The van der Waals surface area contributed by atoms with Crippen molar-refractivity contribution in [3.8, 4) is 0 Å². The molecule has 106 valence electrons. The summed E-state index contributed by atoms with van der Waals surface area (Å²) in [6.45, 7) is 1.78. The molecule has 0 atom stereocenters. The largest absolute Gasteiger partial charge is 0.361 e. The van der Waals surface area contributed by atoms with Gasteiger partial charge in [-0.1, -0.05) is 18.2 Å². The molecule has 1 amide bonds. The Balaban J connectivity index is 1.70. The van der Waals surface area contributed by atoms with Crippen LogP contribution in [0.2, 0.25) is 0 Å². The summed E-state index contributed by atoms with van der Waals surface area (Å²) < 4.78 is 0. The number of amides is 1. The van der Waals surface area contributed by atoms with Gasteiger partial charge < -0.3 is 9.88 Å². The van der Waals surface area contributed by atoms with E-state index in [1.165, 1.54) is 16.5 Å². The van der Waals surface area contributed by atoms with Gasteiger partial charge in [0.05, 0.1) is 5.75 Å². The second-order valence-electron chi connectivity index (χ2n) is 5.38. The van der Waals surface area contributed by atoms with E-state index in [4.69, 9.17) is 0 Å². The molecule has 0 bridgehead atoms. The molecule has 1 aromatic carbocycles. The van der Waals surface area contributed by atoms with E-state index in [2.05, 4.69) is 35.4 Å². The molecule has 3 rings (SSSR count). The van der Waals surface area contributed by atoms with Gasteiger partial charge >= 0.3 is 0 Å². The number of hydrogen-bond acceptors (Lipinski definition) is 2. The molecule has 1 fully saturated rings. The number of para-hydroxylation sites is 1. The van der Waals surface area contributed by atoms with Crippen LogP contribution in [-0.4, -0.2) is 40.9 Å². The number of hydrogen-bond donors (Lipinski definition) is 1. The van der Waals surface area contributed by atoms with E-state index in [0.29, 0.717) is 11.7 Å². The Hall–Kier alpha value is -1.42. The van der Waals surface area contributed by atoms with E-state index in [9.17, 15) is 4.79 Å². The molecule has 20 heavy (non-hydrogen) atoms. The SMILES string of the molecule is CSCC(=O)N1CCC(c2c[nH]c3ccccc23)CC1. The number of aromatic amines is 1. The van der Waals surface area contributed by atoms with E-state index < -0.39 is 0 Å². The van der Waals surface area contributed by atoms with Gasteiger partial charge in [0, 0.05) is 30.2 Å². The van der Waals surface area contributed by atoms with Crippen LogP contribution in [0.25, 0.3) is 10.9 Å². The van der Waals surface area contributed by atoms with Crippen LogP contribution in [0.15, 0.2) is 30.5 Å². The molecular formula is C16H20N2OS. The zero-order valence-electron chi connectivity index (χ0n) is 11.8. The number of thioether (sulfide) groups is 1. The summed E-state index contributed by atoms with van der Waals surface area (Å²) in [7, 11) is 0. The summed E-state index contributed by atoms with van der Waals surface area (Å²) in [4.78, 5) is 17.3. The minimum absolute atomic E-state index is 0.287. The van der Waals surface area contributed by atoms with Crippen molar-refractivity contribution in [3.63, 3.8) is 0 Å². The van der Waals surface area contributed by atoms with Crippen LogP contribution in [0, 0.1) is 0 Å². The fourth-order valence-corrected chi connectivity index (χ4v) is 3.52. The van der Waals surface area contributed by atoms with Crippen LogP contribution in [0.5, 0.6) is 0 Å². The third kappa shape index (κ3) is 2.57. The molecule has 0 aliphatic carbocycles. The van der Waals surface area contributed by atoms with Crippen molar-refractivity contribution in [1.82, 2.24) is 9.88 Å². The molecule has 0 saturated carbocycles. The fourth-order valence-electron chi connectivity index (χ4n) is 3.09. The highest BCUT2D eigenvalue weighted by molar-refractivity contribution is 7.99. The van der Waals surface area contributed by atoms with E-state index >= 15 is 0 Å². The Morgan fingerprint density at radius 2 is 2.10 bits per heavy atom. The van der Waals surface area contributed by atoms with Gasteiger partial charge in [-0.15, -0.1) is 0 Å². The van der Waals surface area contributed by atoms with Crippen LogP contribution in [0.4, 0.5) is 0 Å². The molecule has 0 radical (unpaired) electrons. The average Bonchev–Trinajstić information content (AvgIpc) is 2.92. The molecule has 1 aliphatic rings. The Bertz CT molecular complexity index is 599. The monoisotopic (exact) mass is 288 g/mol. The number of carbonyl (C=O) groups is 1. The van der Waals surface area contributed by atoms with Crippen LogP contribution >= 0.6 is 11.8 Å². The number of piperidine rings is 1. The Labute approximate surface area is 123 Å². The van der Waals surface area contributed by atoms with Gasteiger partial charge in [0.1, 0.15) is 0 Å². The van der Waals surface area contributed by atoms with Gasteiger partial charge in [0.25, 0.3) is 0 Å². The fraction of sp³-hybridized carbons (Fsp3) is 0.438. The number of likely N-dealkylation sites (tertiary alicyclic amines) is 1. The number of benzene rings is 1. The summed E-state index contributed by atoms with van der Waals surface area (Å²) in [6.07, 6.45) is 6.27. The second kappa shape index (κ2) is 5.92. The van der Waals surface area contributed by atoms with Crippen molar-refractivity contribution in [1.29, 1.82) is 0 Å². The molecule has 1 aliphatic heterocycles. The number of aromatic nitrogens is 1. The highest BCUT2D eigenvalue weighted by Gasteiger charge is 2.24. The lowest BCUT2D eigenvalue weighted by molar-refractivity contribution is -0.129. The van der Waals surface area contributed by atoms with Crippen molar-refractivity contribution in [3.05, 3.63) is 36.0 Å². The molecule has 4 heteroatoms. The number of rotatable bonds is 3. The van der Waals surface area contributed by atoms with Crippen LogP contribution in [0.1, 0.15) is 24.3 Å². The van der Waals surface area contributed by atoms with Crippen molar-refractivity contribution in [2.24, 2.45) is 0 Å². The van der Waals surface area contributed by atoms with Gasteiger partial charge in [-0.2, -0.15) is 11.8 Å². The summed E-state index contributed by atoms with van der Waals surface area (Å²) in [5.41, 5.74) is 2.63. The predicted octanol–water partition coefficient (Wildman–Crippen LogP) is 3.24. The van der Waals surface area contributed by atoms with Crippen LogP contribution in [0.3, 0.4) is 0 Å². The average molecular weight is 288 g/mol. The number of H-pyrrole nitrogens is 1. The molecule has 0 unspecified atom stereocenters. The third-order valence-corrected chi connectivity index (χ3v) is 4.71. The molecule has 0 spiro atoms. The van der Waals surface area contributed by atoms with Gasteiger partial charge in [-0.25, -0.2) is 0 Å². The predicted molar refractivity (Wildman–Crippen MR) is 85.2 cm³/mol. The van der Waals surface area contributed by atoms with Gasteiger partial charge in [-0.3, -0.25) is 4.79 Å². The Kier molecular flexibility index (Phi) is 4.01. The van der Waals surface area contributed by atoms with Crippen molar-refractivity contribution in [2.45, 2.75) is 18.8 Å². The summed E-state index contributed by atoms with van der Waals surface area (Å²) in [5.74, 6) is 1.47. The quantitative estimate of drug-likeness (QED) is 0.941. The highest BCUT2D eigenvalue weighted by Crippen LogP contribution is 2.33. The zero-order valence-corrected chi connectivity index (χ0v) is 12.6. The van der Waals surface area contributed by atoms with Gasteiger partial charge in [0.2, 0.25) is 5.91 Å². The first-order chi connectivity index (χ1) is 9.79. The zero-order chi connectivity index (χ0) is 13.9. The van der Waals surface area contributed by atoms with E-state index in [1.807, 2.05) is 11.2 Å². The number of fused-ring (bicyclic) bond motifs is 1. The standard InChI is InChI=1S/C16H20N2OS/c1-20-11-16(19)18-8-6-12(7-9-18)14-10-17-15-5-3-2-4-13(14)15/h2-5,10,12,17H,6-9,11H2,1H3. The van der Waals surface area contributed by atoms with Gasteiger partial charge in [-0.05, 0) is 36.6 Å². The summed E-state index contributed by atoms with van der Waals surface area (Å²) >= 11 is 1.61. The lowest BCUT2D eigenvalue weighted by atomic mass is 9.89. The van der Waals surface area contributed by atoms with Crippen molar-refractivity contribution in [2.75, 3.05) is 25.1 Å². The maximum Gasteiger partial charge on any atom is 0.232 e. The van der Waals surface area contributed by atoms with E-state index in [-0.39, 0.29) is 5.91 Å². The van der Waals surface area contributed by atoms with E-state index in [0.717, 1.165) is 25.9 Å². The maximum atomic E-state index is 11.9. The first kappa shape index (κ1) is 13.6. The first-order valence-electron chi connectivity index (χ1n) is 7.12. The van der Waals surface area contributed by atoms with Crippen molar-refractivity contribution < 1.29 is 4.79 Å². The molecular weight excluding hydrogens is 268 g/mol. The number of carbonyl (C=O) groups excluding carboxylic acids is 1. The normalized spacial score (nSPS) is 16.8. The molecule has 1 aromatic heterocycles. The Morgan fingerprint density at radius 3 is 2.85 bits per heavy atom. The molecule has 2 heterocycles.